The average molecular weight is 222 g/mol. The Kier molecular flexibility index (Phi) is 2.29. The molecule has 0 bridgehead atoms. The molecule has 0 spiro atoms. The van der Waals surface area contributed by atoms with Gasteiger partial charge in [-0.1, -0.05) is 12.1 Å². The average Bonchev–Trinajstić information content (AvgIpc) is 2.84. The molecule has 0 radical (unpaired) electrons. The number of anilines is 1. The lowest BCUT2D eigenvalue weighted by atomic mass is 10.1. The maximum atomic E-state index is 11.6. The second-order valence-electron chi connectivity index (χ2n) is 3.49. The number of nitrogens with zero attached hydrogens (tertiary/aromatic N) is 3. The Labute approximate surface area is 91.2 Å². The van der Waals surface area contributed by atoms with Gasteiger partial charge in [-0.25, -0.2) is 9.69 Å². The first-order valence-corrected chi connectivity index (χ1v) is 4.77. The number of carbonyl (C=O) groups is 1. The lowest BCUT2D eigenvalue weighted by Gasteiger charge is -2.28. The van der Waals surface area contributed by atoms with Gasteiger partial charge in [0.15, 0.2) is 11.5 Å². The molecule has 1 saturated heterocycles. The van der Waals surface area contributed by atoms with Crippen LogP contribution < -0.4 is 10.2 Å². The van der Waals surface area contributed by atoms with Crippen molar-refractivity contribution < 1.29 is 14.4 Å². The molecule has 1 fully saturated rings. The summed E-state index contributed by atoms with van der Waals surface area (Å²) in [4.78, 5) is 12.6. The van der Waals surface area contributed by atoms with E-state index in [1.165, 1.54) is 0 Å². The van der Waals surface area contributed by atoms with Crippen LogP contribution >= 0.6 is 0 Å². The number of nitriles is 1. The van der Waals surface area contributed by atoms with E-state index in [1.54, 1.807) is 6.92 Å². The van der Waals surface area contributed by atoms with Crippen molar-refractivity contribution in [2.45, 2.75) is 19.1 Å². The molecule has 16 heavy (non-hydrogen) atoms. The lowest BCUT2D eigenvalue weighted by molar-refractivity contribution is 0.0605. The number of hydrogen-bond acceptors (Lipinski definition) is 5. The number of aromatic nitrogens is 1. The van der Waals surface area contributed by atoms with Crippen molar-refractivity contribution in [1.29, 1.82) is 5.26 Å². The van der Waals surface area contributed by atoms with E-state index in [-0.39, 0.29) is 17.9 Å². The maximum Gasteiger partial charge on any atom is 0.325 e. The molecule has 1 aliphatic heterocycles. The fourth-order valence-corrected chi connectivity index (χ4v) is 1.61. The number of β-amino-alcohol motifs (C(OH)–C–C–N with tert-alkyl or cyclic N) is 1. The van der Waals surface area contributed by atoms with E-state index in [0.717, 1.165) is 11.2 Å². The van der Waals surface area contributed by atoms with Gasteiger partial charge in [-0.05, 0) is 6.42 Å². The quantitative estimate of drug-likeness (QED) is 0.742. The van der Waals surface area contributed by atoms with Crippen molar-refractivity contribution in [2.75, 3.05) is 11.4 Å². The molecule has 7 nitrogen and oxygen atoms in total. The fourth-order valence-electron chi connectivity index (χ4n) is 1.61. The summed E-state index contributed by atoms with van der Waals surface area (Å²) < 4.78 is 4.63. The van der Waals surface area contributed by atoms with Crippen LogP contribution in [0.4, 0.5) is 10.6 Å². The smallest absolute Gasteiger partial charge is 0.325 e. The third kappa shape index (κ3) is 1.31. The Morgan fingerprint density at radius 3 is 3.25 bits per heavy atom. The van der Waals surface area contributed by atoms with Crippen LogP contribution in [0.2, 0.25) is 0 Å². The van der Waals surface area contributed by atoms with E-state index in [0.29, 0.717) is 6.42 Å². The first-order valence-electron chi connectivity index (χ1n) is 4.77. The minimum Gasteiger partial charge on any atom is -0.369 e. The topological polar surface area (TPSA) is 102 Å². The zero-order valence-electron chi connectivity index (χ0n) is 8.60. The third-order valence-electron chi connectivity index (χ3n) is 2.59. The molecule has 1 aromatic rings. The van der Waals surface area contributed by atoms with Crippen LogP contribution in [-0.2, 0) is 0 Å². The number of amides is 2. The van der Waals surface area contributed by atoms with Crippen LogP contribution in [0.15, 0.2) is 10.8 Å². The van der Waals surface area contributed by atoms with Crippen LogP contribution in [0.5, 0.6) is 0 Å². The molecule has 2 N–H and O–H groups in total. The first kappa shape index (κ1) is 10.4. The summed E-state index contributed by atoms with van der Waals surface area (Å²) in [5.41, 5.74) is -1.25. The van der Waals surface area contributed by atoms with Gasteiger partial charge in [0.25, 0.3) is 0 Å². The molecule has 84 valence electrons. The van der Waals surface area contributed by atoms with E-state index < -0.39 is 11.8 Å². The highest BCUT2D eigenvalue weighted by Gasteiger charge is 2.45. The Morgan fingerprint density at radius 2 is 2.62 bits per heavy atom. The van der Waals surface area contributed by atoms with Crippen LogP contribution in [0.3, 0.4) is 0 Å². The Balaban J connectivity index is 2.46. The van der Waals surface area contributed by atoms with Crippen molar-refractivity contribution in [3.05, 3.63) is 11.8 Å². The SMILES string of the molecule is CCC1(O)CNC(=O)N1c1nocc1C#N. The molecule has 2 amide bonds. The van der Waals surface area contributed by atoms with Gasteiger partial charge in [-0.2, -0.15) is 5.26 Å². The van der Waals surface area contributed by atoms with Crippen LogP contribution in [-0.4, -0.2) is 28.6 Å². The van der Waals surface area contributed by atoms with Crippen molar-refractivity contribution in [3.63, 3.8) is 0 Å². The number of urea groups is 1. The predicted molar refractivity (Wildman–Crippen MR) is 52.3 cm³/mol. The number of nitrogens with one attached hydrogen (secondary N) is 1. The van der Waals surface area contributed by atoms with E-state index >= 15 is 0 Å². The Morgan fingerprint density at radius 1 is 1.88 bits per heavy atom. The summed E-state index contributed by atoms with van der Waals surface area (Å²) in [6, 6.07) is 1.35. The van der Waals surface area contributed by atoms with Gasteiger partial charge >= 0.3 is 6.03 Å². The number of hydrogen-bond donors (Lipinski definition) is 2. The summed E-state index contributed by atoms with van der Waals surface area (Å²) in [7, 11) is 0. The molecule has 1 unspecified atom stereocenters. The van der Waals surface area contributed by atoms with Gasteiger partial charge in [-0.15, -0.1) is 0 Å². The molecule has 0 aromatic carbocycles. The van der Waals surface area contributed by atoms with Gasteiger partial charge < -0.3 is 14.9 Å². The third-order valence-corrected chi connectivity index (χ3v) is 2.59. The van der Waals surface area contributed by atoms with Gasteiger partial charge in [0, 0.05) is 0 Å². The molecule has 0 saturated carbocycles. The summed E-state index contributed by atoms with van der Waals surface area (Å²) in [6.45, 7) is 1.83. The zero-order valence-corrected chi connectivity index (χ0v) is 8.60. The summed E-state index contributed by atoms with van der Waals surface area (Å²) >= 11 is 0. The zero-order chi connectivity index (χ0) is 11.8. The molecule has 2 heterocycles. The number of rotatable bonds is 2. The Hall–Kier alpha value is -2.07. The minimum absolute atomic E-state index is 0.0434. The van der Waals surface area contributed by atoms with Crippen LogP contribution in [0.25, 0.3) is 0 Å². The van der Waals surface area contributed by atoms with E-state index in [9.17, 15) is 9.90 Å². The van der Waals surface area contributed by atoms with Crippen LogP contribution in [0.1, 0.15) is 18.9 Å². The van der Waals surface area contributed by atoms with E-state index in [1.807, 2.05) is 6.07 Å². The van der Waals surface area contributed by atoms with E-state index in [2.05, 4.69) is 15.0 Å². The number of aliphatic hydroxyl groups is 1. The largest absolute Gasteiger partial charge is 0.369 e. The predicted octanol–water partition coefficient (Wildman–Crippen LogP) is 0.174. The Bertz CT molecular complexity index is 464. The van der Waals surface area contributed by atoms with Crippen molar-refractivity contribution in [1.82, 2.24) is 10.5 Å². The van der Waals surface area contributed by atoms with Crippen molar-refractivity contribution in [2.24, 2.45) is 0 Å². The second-order valence-corrected chi connectivity index (χ2v) is 3.49. The highest BCUT2D eigenvalue weighted by molar-refractivity contribution is 5.95. The normalized spacial score (nSPS) is 24.3. The minimum atomic E-state index is -1.36. The van der Waals surface area contributed by atoms with Gasteiger partial charge in [-0.3, -0.25) is 0 Å². The monoisotopic (exact) mass is 222 g/mol. The second kappa shape index (κ2) is 3.50. The van der Waals surface area contributed by atoms with Crippen molar-refractivity contribution >= 4 is 11.8 Å². The van der Waals surface area contributed by atoms with Crippen LogP contribution in [0, 0.1) is 11.3 Å². The molecule has 1 aromatic heterocycles. The maximum absolute atomic E-state index is 11.6. The summed E-state index contributed by atoms with van der Waals surface area (Å²) in [6.07, 6.45) is 1.46. The van der Waals surface area contributed by atoms with Gasteiger partial charge in [0.2, 0.25) is 0 Å². The van der Waals surface area contributed by atoms with Gasteiger partial charge in [0.1, 0.15) is 17.9 Å². The highest BCUT2D eigenvalue weighted by Crippen LogP contribution is 2.29. The first-order chi connectivity index (χ1) is 7.62. The number of carbonyl (C=O) groups excluding carboxylic acids is 1. The molecule has 0 aliphatic carbocycles. The van der Waals surface area contributed by atoms with Gasteiger partial charge in [0.05, 0.1) is 6.54 Å². The molecule has 1 atom stereocenters. The molecule has 1 aliphatic rings. The molecular formula is C9H10N4O3. The molecular weight excluding hydrogens is 212 g/mol. The molecule has 7 heteroatoms. The summed E-state index contributed by atoms with van der Waals surface area (Å²) in [5, 5.41) is 25.0. The van der Waals surface area contributed by atoms with E-state index in [4.69, 9.17) is 5.26 Å². The lowest BCUT2D eigenvalue weighted by Crippen LogP contribution is -2.47. The van der Waals surface area contributed by atoms with Crippen molar-refractivity contribution in [3.8, 4) is 6.07 Å². The highest BCUT2D eigenvalue weighted by atomic mass is 16.5. The fraction of sp³-hybridized carbons (Fsp3) is 0.444. The standard InChI is InChI=1S/C9H10N4O3/c1-2-9(15)5-11-8(14)13(9)7-6(3-10)4-16-12-7/h4,15H,2,5H2,1H3,(H,11,14). The molecule has 2 rings (SSSR count). The summed E-state index contributed by atoms with van der Waals surface area (Å²) in [5.74, 6) is 0.0434.